The Morgan fingerprint density at radius 3 is 2.71 bits per heavy atom. The number of rotatable bonds is 8. The Bertz CT molecular complexity index is 333. The molecular weight excluding hydrogens is 268 g/mol. The SMILES string of the molecule is CCOC(=O)C1CCCN(C(=O)CCC(CC)CCN)C1. The number of hydrogen-bond donors (Lipinski definition) is 1. The molecule has 0 saturated carbocycles. The predicted molar refractivity (Wildman–Crippen MR) is 82.6 cm³/mol. The van der Waals surface area contributed by atoms with Crippen molar-refractivity contribution in [3.63, 3.8) is 0 Å². The fourth-order valence-corrected chi connectivity index (χ4v) is 2.93. The minimum atomic E-state index is -0.162. The molecule has 1 saturated heterocycles. The smallest absolute Gasteiger partial charge is 0.310 e. The molecule has 2 N–H and O–H groups in total. The third kappa shape index (κ3) is 6.04. The Kier molecular flexibility index (Phi) is 8.35. The van der Waals surface area contributed by atoms with Crippen LogP contribution in [-0.4, -0.2) is 43.0 Å². The van der Waals surface area contributed by atoms with Gasteiger partial charge >= 0.3 is 5.97 Å². The van der Waals surface area contributed by atoms with E-state index in [0.29, 0.717) is 32.0 Å². The highest BCUT2D eigenvalue weighted by molar-refractivity contribution is 5.78. The number of esters is 1. The van der Waals surface area contributed by atoms with Gasteiger partial charge in [-0.3, -0.25) is 9.59 Å². The molecule has 1 aliphatic heterocycles. The van der Waals surface area contributed by atoms with Crippen LogP contribution in [0.25, 0.3) is 0 Å². The average molecular weight is 298 g/mol. The Labute approximate surface area is 128 Å². The lowest BCUT2D eigenvalue weighted by molar-refractivity contribution is -0.151. The summed E-state index contributed by atoms with van der Waals surface area (Å²) in [6.07, 6.45) is 5.22. The molecule has 122 valence electrons. The van der Waals surface area contributed by atoms with Gasteiger partial charge in [0, 0.05) is 19.5 Å². The molecule has 5 nitrogen and oxygen atoms in total. The summed E-state index contributed by atoms with van der Waals surface area (Å²) in [4.78, 5) is 25.9. The molecular formula is C16H30N2O3. The number of piperidine rings is 1. The molecule has 0 aromatic heterocycles. The lowest BCUT2D eigenvalue weighted by atomic mass is 9.95. The minimum absolute atomic E-state index is 0.145. The Hall–Kier alpha value is -1.10. The summed E-state index contributed by atoms with van der Waals surface area (Å²) in [6, 6.07) is 0. The van der Waals surface area contributed by atoms with Gasteiger partial charge in [-0.2, -0.15) is 0 Å². The topological polar surface area (TPSA) is 72.6 Å². The van der Waals surface area contributed by atoms with Crippen LogP contribution in [0, 0.1) is 11.8 Å². The first-order valence-corrected chi connectivity index (χ1v) is 8.26. The van der Waals surface area contributed by atoms with Gasteiger partial charge in [-0.25, -0.2) is 0 Å². The van der Waals surface area contributed by atoms with Gasteiger partial charge < -0.3 is 15.4 Å². The van der Waals surface area contributed by atoms with Crippen molar-refractivity contribution >= 4 is 11.9 Å². The number of amides is 1. The van der Waals surface area contributed by atoms with Gasteiger partial charge in [0.25, 0.3) is 0 Å². The summed E-state index contributed by atoms with van der Waals surface area (Å²) in [5, 5.41) is 0. The maximum Gasteiger partial charge on any atom is 0.310 e. The fourth-order valence-electron chi connectivity index (χ4n) is 2.93. The van der Waals surface area contributed by atoms with Crippen molar-refractivity contribution in [2.75, 3.05) is 26.2 Å². The fraction of sp³-hybridized carbons (Fsp3) is 0.875. The number of nitrogens with zero attached hydrogens (tertiary/aromatic N) is 1. The van der Waals surface area contributed by atoms with Gasteiger partial charge in [0.05, 0.1) is 12.5 Å². The van der Waals surface area contributed by atoms with Crippen LogP contribution in [0.4, 0.5) is 0 Å². The van der Waals surface area contributed by atoms with E-state index in [1.54, 1.807) is 0 Å². The predicted octanol–water partition coefficient (Wildman–Crippen LogP) is 1.94. The van der Waals surface area contributed by atoms with Crippen molar-refractivity contribution in [1.29, 1.82) is 0 Å². The van der Waals surface area contributed by atoms with Gasteiger partial charge in [0.15, 0.2) is 0 Å². The Balaban J connectivity index is 2.41. The molecule has 21 heavy (non-hydrogen) atoms. The molecule has 0 spiro atoms. The Morgan fingerprint density at radius 1 is 1.33 bits per heavy atom. The maximum atomic E-state index is 12.3. The average Bonchev–Trinajstić information content (AvgIpc) is 2.51. The summed E-state index contributed by atoms with van der Waals surface area (Å²) in [7, 11) is 0. The molecule has 0 aliphatic carbocycles. The second-order valence-electron chi connectivity index (χ2n) is 5.82. The van der Waals surface area contributed by atoms with Crippen LogP contribution < -0.4 is 5.73 Å². The van der Waals surface area contributed by atoms with Crippen molar-refractivity contribution in [3.8, 4) is 0 Å². The van der Waals surface area contributed by atoms with Gasteiger partial charge in [-0.05, 0) is 45.1 Å². The first-order chi connectivity index (χ1) is 10.1. The summed E-state index contributed by atoms with van der Waals surface area (Å²) in [5.41, 5.74) is 5.59. The third-order valence-corrected chi connectivity index (χ3v) is 4.31. The largest absolute Gasteiger partial charge is 0.466 e. The van der Waals surface area contributed by atoms with Crippen molar-refractivity contribution in [3.05, 3.63) is 0 Å². The lowest BCUT2D eigenvalue weighted by Crippen LogP contribution is -2.42. The minimum Gasteiger partial charge on any atom is -0.466 e. The van der Waals surface area contributed by atoms with E-state index >= 15 is 0 Å². The molecule has 1 aliphatic rings. The summed E-state index contributed by atoms with van der Waals surface area (Å²) >= 11 is 0. The van der Waals surface area contributed by atoms with Crippen LogP contribution in [0.15, 0.2) is 0 Å². The van der Waals surface area contributed by atoms with Gasteiger partial charge in [-0.15, -0.1) is 0 Å². The summed E-state index contributed by atoms with van der Waals surface area (Å²) in [6.45, 7) is 6.32. The van der Waals surface area contributed by atoms with Crippen LogP contribution >= 0.6 is 0 Å². The highest BCUT2D eigenvalue weighted by Crippen LogP contribution is 2.21. The van der Waals surface area contributed by atoms with Crippen molar-refractivity contribution < 1.29 is 14.3 Å². The zero-order chi connectivity index (χ0) is 15.7. The Morgan fingerprint density at radius 2 is 2.10 bits per heavy atom. The van der Waals surface area contributed by atoms with E-state index in [1.165, 1.54) is 0 Å². The highest BCUT2D eigenvalue weighted by atomic mass is 16.5. The highest BCUT2D eigenvalue weighted by Gasteiger charge is 2.29. The van der Waals surface area contributed by atoms with Crippen LogP contribution in [0.1, 0.15) is 52.4 Å². The normalized spacial score (nSPS) is 20.1. The molecule has 1 rings (SSSR count). The number of likely N-dealkylation sites (tertiary alicyclic amines) is 1. The first kappa shape index (κ1) is 18.0. The van der Waals surface area contributed by atoms with E-state index in [1.807, 2.05) is 11.8 Å². The van der Waals surface area contributed by atoms with Crippen molar-refractivity contribution in [1.82, 2.24) is 4.90 Å². The number of hydrogen-bond acceptors (Lipinski definition) is 4. The molecule has 0 aromatic rings. The number of carbonyl (C=O) groups excluding carboxylic acids is 2. The van der Waals surface area contributed by atoms with E-state index in [9.17, 15) is 9.59 Å². The zero-order valence-electron chi connectivity index (χ0n) is 13.5. The molecule has 5 heteroatoms. The lowest BCUT2D eigenvalue weighted by Gasteiger charge is -2.32. The molecule has 1 fully saturated rings. The van der Waals surface area contributed by atoms with Crippen LogP contribution in [0.5, 0.6) is 0 Å². The van der Waals surface area contributed by atoms with E-state index in [0.717, 1.165) is 38.6 Å². The quantitative estimate of drug-likeness (QED) is 0.695. The van der Waals surface area contributed by atoms with E-state index in [4.69, 9.17) is 10.5 Å². The number of carbonyl (C=O) groups is 2. The van der Waals surface area contributed by atoms with Gasteiger partial charge in [0.2, 0.25) is 5.91 Å². The maximum absolute atomic E-state index is 12.3. The second kappa shape index (κ2) is 9.77. The van der Waals surface area contributed by atoms with Crippen molar-refractivity contribution in [2.24, 2.45) is 17.6 Å². The van der Waals surface area contributed by atoms with Crippen molar-refractivity contribution in [2.45, 2.75) is 52.4 Å². The number of nitrogens with two attached hydrogens (primary N) is 1. The summed E-state index contributed by atoms with van der Waals surface area (Å²) in [5.74, 6) is 0.391. The zero-order valence-corrected chi connectivity index (χ0v) is 13.5. The van der Waals surface area contributed by atoms with Gasteiger partial charge in [-0.1, -0.05) is 13.3 Å². The standard InChI is InChI=1S/C16H30N2O3/c1-3-13(9-10-17)7-8-15(19)18-11-5-6-14(12-18)16(20)21-4-2/h13-14H,3-12,17H2,1-2H3. The first-order valence-electron chi connectivity index (χ1n) is 8.26. The molecule has 2 atom stereocenters. The van der Waals surface area contributed by atoms with Gasteiger partial charge in [0.1, 0.15) is 0 Å². The van der Waals surface area contributed by atoms with E-state index in [2.05, 4.69) is 6.92 Å². The molecule has 0 radical (unpaired) electrons. The molecule has 1 amide bonds. The number of ether oxygens (including phenoxy) is 1. The molecule has 0 bridgehead atoms. The monoisotopic (exact) mass is 298 g/mol. The van der Waals surface area contributed by atoms with Crippen LogP contribution in [0.3, 0.4) is 0 Å². The second-order valence-corrected chi connectivity index (χ2v) is 5.82. The van der Waals surface area contributed by atoms with E-state index in [-0.39, 0.29) is 17.8 Å². The molecule has 1 heterocycles. The van der Waals surface area contributed by atoms with Crippen LogP contribution in [0.2, 0.25) is 0 Å². The third-order valence-electron chi connectivity index (χ3n) is 4.31. The summed E-state index contributed by atoms with van der Waals surface area (Å²) < 4.78 is 5.07. The van der Waals surface area contributed by atoms with Crippen LogP contribution in [-0.2, 0) is 14.3 Å². The van der Waals surface area contributed by atoms with E-state index < -0.39 is 0 Å². The molecule has 2 unspecified atom stereocenters. The molecule has 0 aromatic carbocycles.